The molecule has 1 aromatic carbocycles. The number of nitriles is 2. The maximum absolute atomic E-state index is 12.6. The molecule has 2 aliphatic rings. The standard InChI is InChI=1S/C14H10N6O2/c15-5-8-11(17)20(18)12(21)9(6-16)14(8)7-3-1-2-4-10(7)19-13(14)22/h1-4,21H,17-18H2,(H,19,22). The summed E-state index contributed by atoms with van der Waals surface area (Å²) in [6, 6.07) is 10.2. The van der Waals surface area contributed by atoms with Gasteiger partial charge in [0.25, 0.3) is 0 Å². The van der Waals surface area contributed by atoms with Crippen LogP contribution < -0.4 is 16.9 Å². The number of anilines is 1. The van der Waals surface area contributed by atoms with Crippen molar-refractivity contribution in [3.8, 4) is 12.1 Å². The molecule has 0 aromatic heterocycles. The first-order valence-electron chi connectivity index (χ1n) is 6.20. The minimum atomic E-state index is -1.79. The van der Waals surface area contributed by atoms with Gasteiger partial charge in [-0.3, -0.25) is 4.79 Å². The lowest BCUT2D eigenvalue weighted by Gasteiger charge is -2.35. The molecule has 2 aliphatic heterocycles. The molecule has 0 saturated carbocycles. The molecular formula is C14H10N6O2. The Morgan fingerprint density at radius 3 is 2.50 bits per heavy atom. The molecule has 0 bridgehead atoms. The zero-order chi connectivity index (χ0) is 16.1. The number of benzene rings is 1. The Morgan fingerprint density at radius 1 is 1.23 bits per heavy atom. The van der Waals surface area contributed by atoms with Crippen molar-refractivity contribution >= 4 is 11.6 Å². The zero-order valence-electron chi connectivity index (χ0n) is 11.2. The van der Waals surface area contributed by atoms with Crippen molar-refractivity contribution in [1.82, 2.24) is 5.01 Å². The van der Waals surface area contributed by atoms with Crippen LogP contribution in [0.1, 0.15) is 5.56 Å². The largest absolute Gasteiger partial charge is 0.493 e. The van der Waals surface area contributed by atoms with Crippen molar-refractivity contribution in [2.45, 2.75) is 5.41 Å². The number of aliphatic hydroxyl groups excluding tert-OH is 1. The first kappa shape index (κ1) is 13.5. The number of carbonyl (C=O) groups is 1. The average Bonchev–Trinajstić information content (AvgIpc) is 2.80. The highest BCUT2D eigenvalue weighted by Crippen LogP contribution is 2.50. The number of fused-ring (bicyclic) bond motifs is 2. The van der Waals surface area contributed by atoms with E-state index in [4.69, 9.17) is 11.6 Å². The minimum absolute atomic E-state index is 0.202. The second kappa shape index (κ2) is 4.25. The fraction of sp³-hybridized carbons (Fsp3) is 0.0714. The molecule has 0 aliphatic carbocycles. The van der Waals surface area contributed by atoms with E-state index in [-0.39, 0.29) is 17.0 Å². The lowest BCUT2D eigenvalue weighted by Crippen LogP contribution is -2.49. The maximum atomic E-state index is 12.6. The van der Waals surface area contributed by atoms with Crippen LogP contribution in [0, 0.1) is 22.7 Å². The van der Waals surface area contributed by atoms with Crippen LogP contribution in [-0.4, -0.2) is 16.0 Å². The smallest absolute Gasteiger partial charge is 0.245 e. The normalized spacial score (nSPS) is 23.2. The third-order valence-corrected chi connectivity index (χ3v) is 3.86. The second-order valence-corrected chi connectivity index (χ2v) is 4.80. The van der Waals surface area contributed by atoms with Crippen molar-refractivity contribution in [3.05, 3.63) is 52.7 Å². The number of carbonyl (C=O) groups excluding carboxylic acids is 1. The Morgan fingerprint density at radius 2 is 1.86 bits per heavy atom. The van der Waals surface area contributed by atoms with Crippen molar-refractivity contribution in [3.63, 3.8) is 0 Å². The summed E-state index contributed by atoms with van der Waals surface area (Å²) in [4.78, 5) is 12.6. The number of para-hydroxylation sites is 1. The van der Waals surface area contributed by atoms with Gasteiger partial charge in [-0.1, -0.05) is 18.2 Å². The van der Waals surface area contributed by atoms with Crippen LogP contribution in [0.15, 0.2) is 47.1 Å². The highest BCUT2D eigenvalue weighted by Gasteiger charge is 2.58. The van der Waals surface area contributed by atoms with Crippen molar-refractivity contribution in [1.29, 1.82) is 10.5 Å². The summed E-state index contributed by atoms with van der Waals surface area (Å²) in [7, 11) is 0. The topological polar surface area (TPSA) is 152 Å². The van der Waals surface area contributed by atoms with Crippen LogP contribution in [0.5, 0.6) is 0 Å². The molecule has 1 aromatic rings. The van der Waals surface area contributed by atoms with Crippen molar-refractivity contribution in [2.24, 2.45) is 11.6 Å². The summed E-state index contributed by atoms with van der Waals surface area (Å²) in [6.45, 7) is 0. The third-order valence-electron chi connectivity index (χ3n) is 3.86. The number of aliphatic hydroxyl groups is 1. The summed E-state index contributed by atoms with van der Waals surface area (Å²) >= 11 is 0. The van der Waals surface area contributed by atoms with E-state index >= 15 is 0 Å². The van der Waals surface area contributed by atoms with Gasteiger partial charge in [0.1, 0.15) is 23.5 Å². The summed E-state index contributed by atoms with van der Waals surface area (Å²) in [6.07, 6.45) is 0. The van der Waals surface area contributed by atoms with E-state index in [0.717, 1.165) is 0 Å². The lowest BCUT2D eigenvalue weighted by molar-refractivity contribution is -0.118. The molecule has 1 atom stereocenters. The molecule has 6 N–H and O–H groups in total. The molecule has 0 radical (unpaired) electrons. The van der Waals surface area contributed by atoms with E-state index in [9.17, 15) is 20.4 Å². The number of nitrogens with one attached hydrogen (secondary N) is 1. The molecule has 108 valence electrons. The van der Waals surface area contributed by atoms with Gasteiger partial charge in [0, 0.05) is 11.3 Å². The van der Waals surface area contributed by atoms with Crippen LogP contribution in [0.25, 0.3) is 0 Å². The van der Waals surface area contributed by atoms with E-state index in [1.54, 1.807) is 30.3 Å². The molecule has 8 heteroatoms. The first-order chi connectivity index (χ1) is 10.5. The van der Waals surface area contributed by atoms with Gasteiger partial charge in [-0.15, -0.1) is 0 Å². The highest BCUT2D eigenvalue weighted by molar-refractivity contribution is 6.12. The van der Waals surface area contributed by atoms with Crippen LogP contribution >= 0.6 is 0 Å². The molecule has 0 saturated heterocycles. The van der Waals surface area contributed by atoms with E-state index in [0.29, 0.717) is 16.3 Å². The maximum Gasteiger partial charge on any atom is 0.245 e. The average molecular weight is 294 g/mol. The first-order valence-corrected chi connectivity index (χ1v) is 6.20. The Balaban J connectivity index is 2.48. The van der Waals surface area contributed by atoms with Gasteiger partial charge in [-0.05, 0) is 6.07 Å². The van der Waals surface area contributed by atoms with Gasteiger partial charge >= 0.3 is 0 Å². The predicted octanol–water partition coefficient (Wildman–Crippen LogP) is 0.0529. The monoisotopic (exact) mass is 294 g/mol. The molecule has 2 heterocycles. The number of amides is 1. The van der Waals surface area contributed by atoms with Crippen LogP contribution in [0.3, 0.4) is 0 Å². The third kappa shape index (κ3) is 1.29. The zero-order valence-corrected chi connectivity index (χ0v) is 11.2. The Bertz CT molecular complexity index is 817. The minimum Gasteiger partial charge on any atom is -0.493 e. The van der Waals surface area contributed by atoms with Crippen LogP contribution in [-0.2, 0) is 10.2 Å². The summed E-state index contributed by atoms with van der Waals surface area (Å²) in [5.41, 5.74) is 4.27. The summed E-state index contributed by atoms with van der Waals surface area (Å²) in [5, 5.41) is 32.3. The van der Waals surface area contributed by atoms with Gasteiger partial charge in [0.05, 0.1) is 5.57 Å². The summed E-state index contributed by atoms with van der Waals surface area (Å²) in [5.74, 6) is 4.00. The number of nitrogens with two attached hydrogens (primary N) is 2. The second-order valence-electron chi connectivity index (χ2n) is 4.80. The van der Waals surface area contributed by atoms with Gasteiger partial charge < -0.3 is 16.2 Å². The van der Waals surface area contributed by atoms with E-state index in [2.05, 4.69) is 5.32 Å². The Labute approximate surface area is 125 Å². The number of hydrazine groups is 1. The number of hydrogen-bond acceptors (Lipinski definition) is 7. The molecule has 0 fully saturated rings. The Kier molecular flexibility index (Phi) is 2.61. The van der Waals surface area contributed by atoms with Crippen LogP contribution in [0.4, 0.5) is 5.69 Å². The molecule has 3 rings (SSSR count). The van der Waals surface area contributed by atoms with E-state index in [1.165, 1.54) is 0 Å². The van der Waals surface area contributed by atoms with Gasteiger partial charge in [0.15, 0.2) is 5.41 Å². The SMILES string of the molecule is N#CC1=C(N)N(N)C(O)=C(C#N)C12C(=O)Nc1ccccc12. The lowest BCUT2D eigenvalue weighted by atomic mass is 9.68. The van der Waals surface area contributed by atoms with Gasteiger partial charge in [-0.25, -0.2) is 10.9 Å². The fourth-order valence-corrected chi connectivity index (χ4v) is 2.87. The quantitative estimate of drug-likeness (QED) is 0.493. The number of nitrogens with zero attached hydrogens (tertiary/aromatic N) is 3. The fourth-order valence-electron chi connectivity index (χ4n) is 2.87. The molecule has 22 heavy (non-hydrogen) atoms. The van der Waals surface area contributed by atoms with E-state index < -0.39 is 17.2 Å². The molecule has 1 spiro atoms. The van der Waals surface area contributed by atoms with Crippen molar-refractivity contribution in [2.75, 3.05) is 5.32 Å². The molecule has 8 nitrogen and oxygen atoms in total. The van der Waals surface area contributed by atoms with E-state index in [1.807, 2.05) is 6.07 Å². The summed E-state index contributed by atoms with van der Waals surface area (Å²) < 4.78 is 0. The predicted molar refractivity (Wildman–Crippen MR) is 74.9 cm³/mol. The van der Waals surface area contributed by atoms with Gasteiger partial charge in [0.2, 0.25) is 11.8 Å². The number of hydrogen-bond donors (Lipinski definition) is 4. The highest BCUT2D eigenvalue weighted by atomic mass is 16.3. The number of rotatable bonds is 0. The molecule has 1 unspecified atom stereocenters. The van der Waals surface area contributed by atoms with Crippen LogP contribution in [0.2, 0.25) is 0 Å². The molecule has 1 amide bonds. The Hall–Kier alpha value is -3.49. The van der Waals surface area contributed by atoms with Gasteiger partial charge in [-0.2, -0.15) is 10.5 Å². The van der Waals surface area contributed by atoms with Crippen molar-refractivity contribution < 1.29 is 9.90 Å². The molecular weight excluding hydrogens is 284 g/mol.